The number of nitrogens with one attached hydrogen (secondary N) is 2. The molecule has 184 valence electrons. The lowest BCUT2D eigenvalue weighted by atomic mass is 9.88. The fraction of sp³-hybridized carbons (Fsp3) is 0.565. The SMILES string of the molecule is COC(=O)c1c(NC(=O)CN2CCN(CC(=O)Nc3cc(C)on3)CC2)sc2c1CCC(C)C2. The largest absolute Gasteiger partial charge is 0.465 e. The Morgan fingerprint density at radius 3 is 2.38 bits per heavy atom. The summed E-state index contributed by atoms with van der Waals surface area (Å²) in [5.41, 5.74) is 1.54. The number of anilines is 2. The number of aryl methyl sites for hydroxylation is 1. The predicted molar refractivity (Wildman–Crippen MR) is 128 cm³/mol. The van der Waals surface area contributed by atoms with Crippen LogP contribution >= 0.6 is 11.3 Å². The molecule has 1 saturated heterocycles. The summed E-state index contributed by atoms with van der Waals surface area (Å²) in [6.45, 7) is 7.16. The van der Waals surface area contributed by atoms with E-state index in [1.807, 2.05) is 4.90 Å². The van der Waals surface area contributed by atoms with Gasteiger partial charge in [-0.1, -0.05) is 12.1 Å². The summed E-state index contributed by atoms with van der Waals surface area (Å²) in [7, 11) is 1.37. The topological polar surface area (TPSA) is 117 Å². The third-order valence-electron chi connectivity index (χ3n) is 6.25. The number of methoxy groups -OCH3 is 1. The number of amides is 2. The van der Waals surface area contributed by atoms with Gasteiger partial charge in [0, 0.05) is 37.1 Å². The van der Waals surface area contributed by atoms with Gasteiger partial charge in [-0.2, -0.15) is 0 Å². The Labute approximate surface area is 202 Å². The highest BCUT2D eigenvalue weighted by Crippen LogP contribution is 2.40. The van der Waals surface area contributed by atoms with Crippen molar-refractivity contribution in [1.82, 2.24) is 15.0 Å². The van der Waals surface area contributed by atoms with E-state index in [1.165, 1.54) is 23.3 Å². The summed E-state index contributed by atoms with van der Waals surface area (Å²) in [6, 6.07) is 1.67. The van der Waals surface area contributed by atoms with Crippen LogP contribution < -0.4 is 10.6 Å². The molecule has 34 heavy (non-hydrogen) atoms. The van der Waals surface area contributed by atoms with E-state index in [0.29, 0.717) is 54.2 Å². The van der Waals surface area contributed by atoms with Gasteiger partial charge in [-0.15, -0.1) is 11.3 Å². The Balaban J connectivity index is 1.27. The van der Waals surface area contributed by atoms with Gasteiger partial charge < -0.3 is 19.9 Å². The Bertz CT molecular complexity index is 1060. The number of hydrogen-bond acceptors (Lipinski definition) is 9. The van der Waals surface area contributed by atoms with E-state index in [4.69, 9.17) is 9.26 Å². The molecule has 0 spiro atoms. The zero-order valence-corrected chi connectivity index (χ0v) is 20.6. The van der Waals surface area contributed by atoms with Crippen LogP contribution in [0.15, 0.2) is 10.6 Å². The molecule has 11 heteroatoms. The average Bonchev–Trinajstić information content (AvgIpc) is 3.36. The Hall–Kier alpha value is -2.76. The van der Waals surface area contributed by atoms with E-state index >= 15 is 0 Å². The van der Waals surface area contributed by atoms with Gasteiger partial charge in [0.25, 0.3) is 0 Å². The minimum atomic E-state index is -0.393. The van der Waals surface area contributed by atoms with Crippen molar-refractivity contribution in [2.75, 3.05) is 57.0 Å². The Morgan fingerprint density at radius 1 is 1.15 bits per heavy atom. The van der Waals surface area contributed by atoms with Crippen molar-refractivity contribution < 1.29 is 23.6 Å². The molecule has 2 N–H and O–H groups in total. The zero-order chi connectivity index (χ0) is 24.2. The zero-order valence-electron chi connectivity index (χ0n) is 19.8. The molecule has 0 bridgehead atoms. The second kappa shape index (κ2) is 10.7. The maximum Gasteiger partial charge on any atom is 0.341 e. The number of piperazine rings is 1. The first-order valence-corrected chi connectivity index (χ1v) is 12.3. The first kappa shape index (κ1) is 24.4. The number of aromatic nitrogens is 1. The number of thiophene rings is 1. The average molecular weight is 490 g/mol. The molecule has 0 radical (unpaired) electrons. The first-order chi connectivity index (χ1) is 16.3. The third kappa shape index (κ3) is 5.83. The van der Waals surface area contributed by atoms with Crippen LogP contribution in [0.25, 0.3) is 0 Å². The predicted octanol–water partition coefficient (Wildman–Crippen LogP) is 2.15. The Kier molecular flexibility index (Phi) is 7.64. The van der Waals surface area contributed by atoms with E-state index in [2.05, 4.69) is 27.6 Å². The quantitative estimate of drug-likeness (QED) is 0.568. The van der Waals surface area contributed by atoms with E-state index in [-0.39, 0.29) is 24.9 Å². The van der Waals surface area contributed by atoms with Crippen molar-refractivity contribution in [2.45, 2.75) is 33.1 Å². The molecular weight excluding hydrogens is 458 g/mol. The highest BCUT2D eigenvalue weighted by atomic mass is 32.1. The molecule has 10 nitrogen and oxygen atoms in total. The van der Waals surface area contributed by atoms with Crippen LogP contribution in [0.5, 0.6) is 0 Å². The lowest BCUT2D eigenvalue weighted by Crippen LogP contribution is -2.50. The van der Waals surface area contributed by atoms with Gasteiger partial charge in [-0.25, -0.2) is 4.79 Å². The Morgan fingerprint density at radius 2 is 1.79 bits per heavy atom. The third-order valence-corrected chi connectivity index (χ3v) is 7.42. The van der Waals surface area contributed by atoms with Gasteiger partial charge in [-0.3, -0.25) is 19.4 Å². The number of nitrogens with zero attached hydrogens (tertiary/aromatic N) is 3. The lowest BCUT2D eigenvalue weighted by molar-refractivity contribution is -0.120. The van der Waals surface area contributed by atoms with Crippen molar-refractivity contribution >= 4 is 39.9 Å². The summed E-state index contributed by atoms with van der Waals surface area (Å²) < 4.78 is 9.96. The van der Waals surface area contributed by atoms with Gasteiger partial charge in [0.2, 0.25) is 11.8 Å². The van der Waals surface area contributed by atoms with Gasteiger partial charge in [0.05, 0.1) is 25.8 Å². The molecule has 2 aliphatic rings. The number of ether oxygens (including phenoxy) is 1. The summed E-state index contributed by atoms with van der Waals surface area (Å²) in [6.07, 6.45) is 2.78. The van der Waals surface area contributed by atoms with E-state index in [1.54, 1.807) is 13.0 Å². The molecule has 4 rings (SSSR count). The standard InChI is InChI=1S/C23H31N5O5S/c1-14-4-5-16-17(10-14)34-22(21(16)23(31)32-3)25-20(30)13-28-8-6-27(7-9-28)12-19(29)24-18-11-15(2)33-26-18/h11,14H,4-10,12-13H2,1-3H3,(H,25,30)(H,24,26,29). The first-order valence-electron chi connectivity index (χ1n) is 11.5. The number of esters is 1. The van der Waals surface area contributed by atoms with Crippen LogP contribution in [-0.2, 0) is 27.2 Å². The van der Waals surface area contributed by atoms with Gasteiger partial charge >= 0.3 is 5.97 Å². The summed E-state index contributed by atoms with van der Waals surface area (Å²) >= 11 is 1.49. The second-order valence-corrected chi connectivity index (χ2v) is 10.1. The molecule has 0 saturated carbocycles. The molecule has 2 aromatic heterocycles. The summed E-state index contributed by atoms with van der Waals surface area (Å²) in [5.74, 6) is 0.927. The minimum Gasteiger partial charge on any atom is -0.465 e. The summed E-state index contributed by atoms with van der Waals surface area (Å²) in [5, 5.41) is 10.0. The van der Waals surface area contributed by atoms with Crippen LogP contribution in [0, 0.1) is 12.8 Å². The van der Waals surface area contributed by atoms with Crippen molar-refractivity contribution in [3.63, 3.8) is 0 Å². The number of carbonyl (C=O) groups excluding carboxylic acids is 3. The van der Waals surface area contributed by atoms with Crippen LogP contribution in [0.3, 0.4) is 0 Å². The van der Waals surface area contributed by atoms with Crippen LogP contribution in [0.4, 0.5) is 10.8 Å². The van der Waals surface area contributed by atoms with Crippen molar-refractivity contribution in [2.24, 2.45) is 5.92 Å². The van der Waals surface area contributed by atoms with Crippen molar-refractivity contribution in [3.8, 4) is 0 Å². The van der Waals surface area contributed by atoms with E-state index < -0.39 is 5.97 Å². The maximum atomic E-state index is 12.8. The number of fused-ring (bicyclic) bond motifs is 1. The van der Waals surface area contributed by atoms with Crippen molar-refractivity contribution in [1.29, 1.82) is 0 Å². The van der Waals surface area contributed by atoms with Crippen LogP contribution in [-0.4, -0.2) is 79.1 Å². The number of rotatable bonds is 7. The maximum absolute atomic E-state index is 12.8. The molecular formula is C23H31N5O5S. The fourth-order valence-corrected chi connectivity index (χ4v) is 5.86. The molecule has 0 aromatic carbocycles. The smallest absolute Gasteiger partial charge is 0.341 e. The van der Waals surface area contributed by atoms with Gasteiger partial charge in [0.15, 0.2) is 5.82 Å². The number of hydrogen-bond donors (Lipinski definition) is 2. The molecule has 1 fully saturated rings. The molecule has 1 unspecified atom stereocenters. The molecule has 2 aromatic rings. The lowest BCUT2D eigenvalue weighted by Gasteiger charge is -2.33. The van der Waals surface area contributed by atoms with Crippen LogP contribution in [0.2, 0.25) is 0 Å². The van der Waals surface area contributed by atoms with Gasteiger partial charge in [0.1, 0.15) is 10.8 Å². The van der Waals surface area contributed by atoms with E-state index in [0.717, 1.165) is 24.8 Å². The normalized spacial score (nSPS) is 18.9. The highest BCUT2D eigenvalue weighted by molar-refractivity contribution is 7.17. The van der Waals surface area contributed by atoms with E-state index in [9.17, 15) is 14.4 Å². The molecule has 1 aliphatic carbocycles. The molecule has 1 atom stereocenters. The molecule has 1 aliphatic heterocycles. The van der Waals surface area contributed by atoms with Crippen LogP contribution in [0.1, 0.15) is 39.9 Å². The second-order valence-electron chi connectivity index (χ2n) is 9.02. The van der Waals surface area contributed by atoms with Gasteiger partial charge in [-0.05, 0) is 37.7 Å². The fourth-order valence-electron chi connectivity index (χ4n) is 4.44. The minimum absolute atomic E-state index is 0.147. The highest BCUT2D eigenvalue weighted by Gasteiger charge is 2.29. The summed E-state index contributed by atoms with van der Waals surface area (Å²) in [4.78, 5) is 42.7. The molecule has 2 amide bonds. The molecule has 3 heterocycles. The van der Waals surface area contributed by atoms with Crippen molar-refractivity contribution in [3.05, 3.63) is 27.8 Å². The number of carbonyl (C=O) groups is 3. The monoisotopic (exact) mass is 489 g/mol.